The number of rotatable bonds is 6. The smallest absolute Gasteiger partial charge is 0.313 e. The highest BCUT2D eigenvalue weighted by Crippen LogP contribution is 2.27. The zero-order chi connectivity index (χ0) is 20.3. The van der Waals surface area contributed by atoms with Crippen LogP contribution in [0.25, 0.3) is 0 Å². The fraction of sp³-hybridized carbons (Fsp3) is 0.600. The maximum Gasteiger partial charge on any atom is 0.313 e. The Bertz CT molecular complexity index is 835. The molecule has 2 atom stereocenters. The van der Waals surface area contributed by atoms with Gasteiger partial charge >= 0.3 is 5.97 Å². The lowest BCUT2D eigenvalue weighted by molar-refractivity contribution is -0.157. The van der Waals surface area contributed by atoms with Gasteiger partial charge in [-0.15, -0.1) is 0 Å². The molecular weight excluding hydrogens is 382 g/mol. The first-order valence-corrected chi connectivity index (χ1v) is 11.4. The summed E-state index contributed by atoms with van der Waals surface area (Å²) >= 11 is 0. The maximum atomic E-state index is 12.7. The van der Waals surface area contributed by atoms with Crippen LogP contribution in [0.1, 0.15) is 25.8 Å². The first-order chi connectivity index (χ1) is 13.2. The van der Waals surface area contributed by atoms with Crippen LogP contribution in [-0.4, -0.2) is 62.5 Å². The van der Waals surface area contributed by atoms with Crippen molar-refractivity contribution in [1.29, 1.82) is 0 Å². The molecule has 0 spiro atoms. The summed E-state index contributed by atoms with van der Waals surface area (Å²) in [6, 6.07) is 7.19. The van der Waals surface area contributed by atoms with Gasteiger partial charge < -0.3 is 14.4 Å². The van der Waals surface area contributed by atoms with Crippen molar-refractivity contribution in [2.24, 2.45) is 11.8 Å². The Kier molecular flexibility index (Phi) is 6.27. The second kappa shape index (κ2) is 8.51. The molecule has 7 nitrogen and oxygen atoms in total. The number of para-hydroxylation sites is 1. The van der Waals surface area contributed by atoms with Gasteiger partial charge in [-0.25, -0.2) is 8.42 Å². The average molecular weight is 410 g/mol. The number of esters is 1. The molecule has 1 fully saturated rings. The molecule has 1 amide bonds. The van der Waals surface area contributed by atoms with Gasteiger partial charge in [0.2, 0.25) is 0 Å². The molecule has 28 heavy (non-hydrogen) atoms. The fourth-order valence-corrected chi connectivity index (χ4v) is 5.41. The van der Waals surface area contributed by atoms with Crippen LogP contribution in [0.2, 0.25) is 0 Å². The van der Waals surface area contributed by atoms with E-state index in [4.69, 9.17) is 9.47 Å². The molecule has 0 N–H and O–H groups in total. The van der Waals surface area contributed by atoms with Gasteiger partial charge in [-0.2, -0.15) is 0 Å². The van der Waals surface area contributed by atoms with Crippen molar-refractivity contribution in [3.05, 3.63) is 29.8 Å². The van der Waals surface area contributed by atoms with E-state index < -0.39 is 21.7 Å². The maximum absolute atomic E-state index is 12.7. The van der Waals surface area contributed by atoms with Crippen molar-refractivity contribution in [3.8, 4) is 5.75 Å². The van der Waals surface area contributed by atoms with Crippen LogP contribution in [0.5, 0.6) is 5.75 Å². The third-order valence-corrected chi connectivity index (χ3v) is 6.83. The number of ether oxygens (including phenoxy) is 2. The summed E-state index contributed by atoms with van der Waals surface area (Å²) in [5.41, 5.74) is 0.944. The first kappa shape index (κ1) is 20.6. The average Bonchev–Trinajstić information content (AvgIpc) is 3.02. The highest BCUT2D eigenvalue weighted by atomic mass is 32.2. The number of hydrogen-bond acceptors (Lipinski definition) is 6. The van der Waals surface area contributed by atoms with Gasteiger partial charge in [0.15, 0.2) is 16.4 Å². The van der Waals surface area contributed by atoms with E-state index in [1.165, 1.54) is 0 Å². The number of carbonyl (C=O) groups is 2. The van der Waals surface area contributed by atoms with Crippen LogP contribution in [0.3, 0.4) is 0 Å². The molecule has 2 aliphatic rings. The molecule has 2 unspecified atom stereocenters. The monoisotopic (exact) mass is 409 g/mol. The summed E-state index contributed by atoms with van der Waals surface area (Å²) in [5, 5.41) is 0. The fourth-order valence-electron chi connectivity index (χ4n) is 3.68. The molecule has 1 saturated heterocycles. The Labute approximate surface area is 165 Å². The molecule has 0 bridgehead atoms. The number of sulfone groups is 1. The van der Waals surface area contributed by atoms with Crippen molar-refractivity contribution in [3.63, 3.8) is 0 Å². The molecule has 2 aliphatic heterocycles. The minimum atomic E-state index is -3.10. The number of carbonyl (C=O) groups excluding carboxylic acids is 2. The van der Waals surface area contributed by atoms with E-state index in [0.717, 1.165) is 11.3 Å². The van der Waals surface area contributed by atoms with Crippen LogP contribution in [0.4, 0.5) is 0 Å². The van der Waals surface area contributed by atoms with E-state index >= 15 is 0 Å². The molecule has 0 saturated carbocycles. The van der Waals surface area contributed by atoms with Gasteiger partial charge in [-0.05, 0) is 30.4 Å². The summed E-state index contributed by atoms with van der Waals surface area (Å²) in [5.74, 6) is -0.231. The van der Waals surface area contributed by atoms with Crippen LogP contribution in [0, 0.1) is 11.8 Å². The first-order valence-electron chi connectivity index (χ1n) is 9.62. The number of benzene rings is 1. The molecule has 3 rings (SSSR count). The predicted molar refractivity (Wildman–Crippen MR) is 104 cm³/mol. The van der Waals surface area contributed by atoms with Crippen LogP contribution >= 0.6 is 0 Å². The van der Waals surface area contributed by atoms with E-state index in [1.807, 2.05) is 38.1 Å². The summed E-state index contributed by atoms with van der Waals surface area (Å²) in [4.78, 5) is 26.7. The van der Waals surface area contributed by atoms with Crippen LogP contribution in [0.15, 0.2) is 24.3 Å². The van der Waals surface area contributed by atoms with Gasteiger partial charge in [0, 0.05) is 12.6 Å². The SMILES string of the molecule is CC(C)CN(C(=O)COC(=O)C1COc2ccccc2C1)C1CCS(=O)(=O)C1. The quantitative estimate of drug-likeness (QED) is 0.661. The van der Waals surface area contributed by atoms with Crippen molar-refractivity contribution < 1.29 is 27.5 Å². The Morgan fingerprint density at radius 1 is 1.29 bits per heavy atom. The molecular formula is C20H27NO6S. The van der Waals surface area contributed by atoms with Gasteiger partial charge in [0.25, 0.3) is 5.91 Å². The lowest BCUT2D eigenvalue weighted by atomic mass is 9.97. The number of amides is 1. The minimum absolute atomic E-state index is 0.0212. The second-order valence-corrected chi connectivity index (χ2v) is 10.2. The van der Waals surface area contributed by atoms with E-state index in [-0.39, 0.29) is 42.6 Å². The second-order valence-electron chi connectivity index (χ2n) is 7.92. The Morgan fingerprint density at radius 2 is 2.04 bits per heavy atom. The van der Waals surface area contributed by atoms with Crippen LogP contribution < -0.4 is 4.74 Å². The van der Waals surface area contributed by atoms with E-state index in [1.54, 1.807) is 4.90 Å². The normalized spacial score (nSPS) is 23.0. The van der Waals surface area contributed by atoms with Crippen LogP contribution in [-0.2, 0) is 30.6 Å². The molecule has 0 aromatic heterocycles. The Balaban J connectivity index is 1.57. The molecule has 0 aliphatic carbocycles. The van der Waals surface area contributed by atoms with Gasteiger partial charge in [-0.1, -0.05) is 32.0 Å². The minimum Gasteiger partial charge on any atom is -0.492 e. The van der Waals surface area contributed by atoms with Crippen molar-refractivity contribution >= 4 is 21.7 Å². The molecule has 1 aromatic carbocycles. The summed E-state index contributed by atoms with van der Waals surface area (Å²) in [6.07, 6.45) is 0.946. The van der Waals surface area contributed by atoms with E-state index in [0.29, 0.717) is 19.4 Å². The highest BCUT2D eigenvalue weighted by molar-refractivity contribution is 7.91. The molecule has 0 radical (unpaired) electrons. The lowest BCUT2D eigenvalue weighted by Crippen LogP contribution is -2.45. The Morgan fingerprint density at radius 3 is 2.71 bits per heavy atom. The number of fused-ring (bicyclic) bond motifs is 1. The Hall–Kier alpha value is -2.09. The lowest BCUT2D eigenvalue weighted by Gasteiger charge is -2.30. The predicted octanol–water partition coefficient (Wildman–Crippen LogP) is 1.45. The van der Waals surface area contributed by atoms with Gasteiger partial charge in [-0.3, -0.25) is 9.59 Å². The number of hydrogen-bond donors (Lipinski definition) is 0. The summed E-state index contributed by atoms with van der Waals surface area (Å²) < 4.78 is 34.5. The molecule has 2 heterocycles. The van der Waals surface area contributed by atoms with Crippen molar-refractivity contribution in [1.82, 2.24) is 4.90 Å². The van der Waals surface area contributed by atoms with Gasteiger partial charge in [0.05, 0.1) is 17.4 Å². The largest absolute Gasteiger partial charge is 0.492 e. The number of nitrogens with zero attached hydrogens (tertiary/aromatic N) is 1. The zero-order valence-electron chi connectivity index (χ0n) is 16.3. The molecule has 154 valence electrons. The topological polar surface area (TPSA) is 90.0 Å². The zero-order valence-corrected chi connectivity index (χ0v) is 17.1. The molecule has 8 heteroatoms. The third kappa shape index (κ3) is 5.04. The summed E-state index contributed by atoms with van der Waals surface area (Å²) in [6.45, 7) is 4.22. The van der Waals surface area contributed by atoms with Gasteiger partial charge in [0.1, 0.15) is 12.4 Å². The highest BCUT2D eigenvalue weighted by Gasteiger charge is 2.35. The standard InChI is InChI=1S/C20H27NO6S/c1-14(2)10-21(17-7-8-28(24,25)13-17)19(22)12-27-20(23)16-9-15-5-3-4-6-18(15)26-11-16/h3-6,14,16-17H,7-13H2,1-2H3. The summed E-state index contributed by atoms with van der Waals surface area (Å²) in [7, 11) is -3.10. The van der Waals surface area contributed by atoms with Crippen molar-refractivity contribution in [2.75, 3.05) is 31.3 Å². The van der Waals surface area contributed by atoms with E-state index in [2.05, 4.69) is 0 Å². The third-order valence-electron chi connectivity index (χ3n) is 5.08. The molecule has 1 aromatic rings. The van der Waals surface area contributed by atoms with E-state index in [9.17, 15) is 18.0 Å². The van der Waals surface area contributed by atoms with Crippen molar-refractivity contribution in [2.45, 2.75) is 32.7 Å².